The van der Waals surface area contributed by atoms with Crippen molar-refractivity contribution in [3.05, 3.63) is 58.9 Å². The summed E-state index contributed by atoms with van der Waals surface area (Å²) in [7, 11) is 1.65. The molecule has 0 aliphatic carbocycles. The highest BCUT2D eigenvalue weighted by molar-refractivity contribution is 5.94. The summed E-state index contributed by atoms with van der Waals surface area (Å²) in [5, 5.41) is 2.90. The second kappa shape index (κ2) is 9.03. The Bertz CT molecular complexity index is 649. The summed E-state index contributed by atoms with van der Waals surface area (Å²) in [6.07, 6.45) is 4.32. The lowest BCUT2D eigenvalue weighted by atomic mass is 10.0. The molecule has 2 aromatic rings. The van der Waals surface area contributed by atoms with Crippen molar-refractivity contribution in [2.24, 2.45) is 0 Å². The topological polar surface area (TPSA) is 60.5 Å². The molecule has 0 atom stereocenters. The first kappa shape index (κ1) is 17.9. The van der Waals surface area contributed by atoms with Crippen LogP contribution < -0.4 is 10.1 Å². The van der Waals surface area contributed by atoms with Crippen LogP contribution in [0.3, 0.4) is 0 Å². The second-order valence-electron chi connectivity index (χ2n) is 5.69. The molecule has 0 radical (unpaired) electrons. The van der Waals surface area contributed by atoms with Gasteiger partial charge < -0.3 is 14.8 Å². The van der Waals surface area contributed by atoms with E-state index in [0.29, 0.717) is 25.3 Å². The molecular weight excluding hydrogens is 304 g/mol. The van der Waals surface area contributed by atoms with E-state index >= 15 is 0 Å². The number of ether oxygens (including phenoxy) is 2. The van der Waals surface area contributed by atoms with Gasteiger partial charge in [-0.3, -0.25) is 9.78 Å². The van der Waals surface area contributed by atoms with Crippen LogP contribution in [0.1, 0.15) is 33.5 Å². The first-order valence-corrected chi connectivity index (χ1v) is 8.02. The number of aryl methyl sites for hydroxylation is 2. The summed E-state index contributed by atoms with van der Waals surface area (Å²) in [5.74, 6) is 0.742. The summed E-state index contributed by atoms with van der Waals surface area (Å²) in [5.41, 5.74) is 3.55. The highest BCUT2D eigenvalue weighted by atomic mass is 16.5. The van der Waals surface area contributed by atoms with Crippen molar-refractivity contribution in [3.8, 4) is 5.75 Å². The van der Waals surface area contributed by atoms with Gasteiger partial charge in [0, 0.05) is 43.8 Å². The van der Waals surface area contributed by atoms with Crippen molar-refractivity contribution in [3.63, 3.8) is 0 Å². The Balaban J connectivity index is 2.01. The van der Waals surface area contributed by atoms with Gasteiger partial charge in [0.15, 0.2) is 0 Å². The lowest BCUT2D eigenvalue weighted by Gasteiger charge is -2.14. The van der Waals surface area contributed by atoms with E-state index in [9.17, 15) is 4.79 Å². The van der Waals surface area contributed by atoms with E-state index in [4.69, 9.17) is 9.47 Å². The maximum absolute atomic E-state index is 12.2. The smallest absolute Gasteiger partial charge is 0.251 e. The minimum absolute atomic E-state index is 0.0730. The molecule has 0 saturated carbocycles. The van der Waals surface area contributed by atoms with Crippen LogP contribution in [-0.4, -0.2) is 31.2 Å². The van der Waals surface area contributed by atoms with Gasteiger partial charge in [0.1, 0.15) is 12.4 Å². The van der Waals surface area contributed by atoms with Crippen LogP contribution in [0.5, 0.6) is 5.75 Å². The molecule has 2 rings (SSSR count). The predicted molar refractivity (Wildman–Crippen MR) is 93.3 cm³/mol. The van der Waals surface area contributed by atoms with Gasteiger partial charge in [0.05, 0.1) is 0 Å². The van der Waals surface area contributed by atoms with Gasteiger partial charge in [-0.15, -0.1) is 0 Å². The molecular formula is C19H24N2O3. The van der Waals surface area contributed by atoms with Crippen molar-refractivity contribution in [2.45, 2.75) is 26.9 Å². The molecule has 24 heavy (non-hydrogen) atoms. The van der Waals surface area contributed by atoms with Crippen molar-refractivity contribution in [1.29, 1.82) is 0 Å². The molecule has 0 aliphatic heterocycles. The van der Waals surface area contributed by atoms with E-state index < -0.39 is 0 Å². The van der Waals surface area contributed by atoms with Crippen LogP contribution in [0.4, 0.5) is 0 Å². The number of pyridine rings is 1. The minimum atomic E-state index is -0.0730. The lowest BCUT2D eigenvalue weighted by Crippen LogP contribution is -2.25. The SMILES string of the molecule is COCCCNC(=O)c1cc(C)c(OCc2cccnc2)c(C)c1. The number of methoxy groups -OCH3 is 1. The monoisotopic (exact) mass is 328 g/mol. The third-order valence-corrected chi connectivity index (χ3v) is 3.64. The zero-order chi connectivity index (χ0) is 17.4. The molecule has 128 valence electrons. The molecule has 0 fully saturated rings. The van der Waals surface area contributed by atoms with E-state index in [1.807, 2.05) is 38.1 Å². The van der Waals surface area contributed by atoms with Crippen molar-refractivity contribution in [1.82, 2.24) is 10.3 Å². The Labute approximate surface area is 143 Å². The summed E-state index contributed by atoms with van der Waals surface area (Å²) in [6.45, 7) is 5.60. The Morgan fingerprint density at radius 2 is 2.00 bits per heavy atom. The number of hydrogen-bond acceptors (Lipinski definition) is 4. The molecule has 0 spiro atoms. The molecule has 5 heteroatoms. The molecule has 1 aromatic heterocycles. The molecule has 1 aromatic carbocycles. The molecule has 0 saturated heterocycles. The summed E-state index contributed by atoms with van der Waals surface area (Å²) >= 11 is 0. The standard InChI is InChI=1S/C19H24N2O3/c1-14-10-17(19(22)21-8-5-9-23-3)11-15(2)18(14)24-13-16-6-4-7-20-12-16/h4,6-7,10-12H,5,8-9,13H2,1-3H3,(H,21,22). The zero-order valence-corrected chi connectivity index (χ0v) is 14.5. The molecule has 5 nitrogen and oxygen atoms in total. The molecule has 1 N–H and O–H groups in total. The Kier molecular flexibility index (Phi) is 6.75. The molecule has 0 unspecified atom stereocenters. The van der Waals surface area contributed by atoms with Crippen LogP contribution in [-0.2, 0) is 11.3 Å². The highest BCUT2D eigenvalue weighted by Gasteiger charge is 2.11. The maximum atomic E-state index is 12.2. The third-order valence-electron chi connectivity index (χ3n) is 3.64. The zero-order valence-electron chi connectivity index (χ0n) is 14.5. The quantitative estimate of drug-likeness (QED) is 0.757. The number of aromatic nitrogens is 1. The molecule has 0 bridgehead atoms. The minimum Gasteiger partial charge on any atom is -0.488 e. The van der Waals surface area contributed by atoms with Crippen molar-refractivity contribution >= 4 is 5.91 Å². The number of nitrogens with one attached hydrogen (secondary N) is 1. The van der Waals surface area contributed by atoms with Crippen LogP contribution in [0.25, 0.3) is 0 Å². The van der Waals surface area contributed by atoms with Gasteiger partial charge >= 0.3 is 0 Å². The maximum Gasteiger partial charge on any atom is 0.251 e. The van der Waals surface area contributed by atoms with Gasteiger partial charge in [0.2, 0.25) is 0 Å². The fraction of sp³-hybridized carbons (Fsp3) is 0.368. The van der Waals surface area contributed by atoms with Gasteiger partial charge in [0.25, 0.3) is 5.91 Å². The highest BCUT2D eigenvalue weighted by Crippen LogP contribution is 2.25. The molecule has 1 heterocycles. The van der Waals surface area contributed by atoms with Crippen LogP contribution in [0, 0.1) is 13.8 Å². The fourth-order valence-corrected chi connectivity index (χ4v) is 2.47. The van der Waals surface area contributed by atoms with Gasteiger partial charge in [-0.05, 0) is 49.6 Å². The number of nitrogens with zero attached hydrogens (tertiary/aromatic N) is 1. The van der Waals surface area contributed by atoms with Crippen molar-refractivity contribution < 1.29 is 14.3 Å². The second-order valence-corrected chi connectivity index (χ2v) is 5.69. The van der Waals surface area contributed by atoms with Gasteiger partial charge in [-0.1, -0.05) is 6.07 Å². The molecule has 0 aliphatic rings. The Morgan fingerprint density at radius 3 is 2.62 bits per heavy atom. The predicted octanol–water partition coefficient (Wildman–Crippen LogP) is 3.04. The third kappa shape index (κ3) is 5.06. The van der Waals surface area contributed by atoms with Crippen molar-refractivity contribution in [2.75, 3.05) is 20.3 Å². The van der Waals surface area contributed by atoms with E-state index in [1.54, 1.807) is 19.5 Å². The lowest BCUT2D eigenvalue weighted by molar-refractivity contribution is 0.0948. The normalized spacial score (nSPS) is 10.5. The van der Waals surface area contributed by atoms with Gasteiger partial charge in [-0.25, -0.2) is 0 Å². The number of carbonyl (C=O) groups is 1. The van der Waals surface area contributed by atoms with Gasteiger partial charge in [-0.2, -0.15) is 0 Å². The number of rotatable bonds is 8. The number of carbonyl (C=O) groups excluding carboxylic acids is 1. The number of amides is 1. The first-order valence-electron chi connectivity index (χ1n) is 8.02. The summed E-state index contributed by atoms with van der Waals surface area (Å²) in [6, 6.07) is 7.57. The average molecular weight is 328 g/mol. The van der Waals surface area contributed by atoms with E-state index in [2.05, 4.69) is 10.3 Å². The van der Waals surface area contributed by atoms with E-state index in [1.165, 1.54) is 0 Å². The number of benzene rings is 1. The van der Waals surface area contributed by atoms with E-state index in [0.717, 1.165) is 28.9 Å². The Morgan fingerprint density at radius 1 is 1.25 bits per heavy atom. The van der Waals surface area contributed by atoms with Crippen LogP contribution in [0.15, 0.2) is 36.7 Å². The Hall–Kier alpha value is -2.40. The largest absolute Gasteiger partial charge is 0.488 e. The van der Waals surface area contributed by atoms with Crippen LogP contribution >= 0.6 is 0 Å². The average Bonchev–Trinajstić information content (AvgIpc) is 2.58. The van der Waals surface area contributed by atoms with E-state index in [-0.39, 0.29) is 5.91 Å². The summed E-state index contributed by atoms with van der Waals surface area (Å²) in [4.78, 5) is 16.3. The van der Waals surface area contributed by atoms with Crippen LogP contribution in [0.2, 0.25) is 0 Å². The number of hydrogen-bond donors (Lipinski definition) is 1. The summed E-state index contributed by atoms with van der Waals surface area (Å²) < 4.78 is 10.9. The molecule has 1 amide bonds. The first-order chi connectivity index (χ1) is 11.6. The fourth-order valence-electron chi connectivity index (χ4n) is 2.47.